The summed E-state index contributed by atoms with van der Waals surface area (Å²) in [5.74, 6) is -0.390. The summed E-state index contributed by atoms with van der Waals surface area (Å²) >= 11 is 0. The molecule has 3 atom stereocenters. The fourth-order valence-electron chi connectivity index (χ4n) is 3.76. The number of piperidine rings is 1. The molecule has 1 aliphatic carbocycles. The number of hydrogen-bond donors (Lipinski definition) is 2. The molecule has 2 N–H and O–H groups in total. The van der Waals surface area contributed by atoms with Crippen LogP contribution in [-0.2, 0) is 4.79 Å². The largest absolute Gasteiger partial charge is 0.481 e. The summed E-state index contributed by atoms with van der Waals surface area (Å²) in [6, 6.07) is 3.96. The molecule has 1 aliphatic heterocycles. The summed E-state index contributed by atoms with van der Waals surface area (Å²) in [7, 11) is 0. The van der Waals surface area contributed by atoms with E-state index in [0.717, 1.165) is 31.6 Å². The lowest BCUT2D eigenvalue weighted by molar-refractivity contribution is -0.141. The molecule has 6 heteroatoms. The van der Waals surface area contributed by atoms with Crippen molar-refractivity contribution in [3.8, 4) is 0 Å². The van der Waals surface area contributed by atoms with E-state index in [1.54, 1.807) is 12.3 Å². The van der Waals surface area contributed by atoms with Crippen LogP contribution in [0.1, 0.15) is 55.8 Å². The molecule has 1 saturated carbocycles. The zero-order chi connectivity index (χ0) is 17.1. The molecule has 1 aromatic heterocycles. The predicted molar refractivity (Wildman–Crippen MR) is 91.1 cm³/mol. The van der Waals surface area contributed by atoms with Gasteiger partial charge in [-0.1, -0.05) is 0 Å². The smallest absolute Gasteiger partial charge is 0.306 e. The Bertz CT molecular complexity index is 619. The molecule has 6 nitrogen and oxygen atoms in total. The van der Waals surface area contributed by atoms with Gasteiger partial charge < -0.3 is 15.3 Å². The van der Waals surface area contributed by atoms with Crippen LogP contribution < -0.4 is 10.2 Å². The number of carboxylic acids is 1. The maximum atomic E-state index is 12.5. The highest BCUT2D eigenvalue weighted by Crippen LogP contribution is 2.26. The molecule has 0 spiro atoms. The van der Waals surface area contributed by atoms with E-state index < -0.39 is 5.97 Å². The van der Waals surface area contributed by atoms with E-state index in [1.165, 1.54) is 6.42 Å². The van der Waals surface area contributed by atoms with Crippen molar-refractivity contribution >= 4 is 17.7 Å². The highest BCUT2D eigenvalue weighted by molar-refractivity contribution is 5.95. The van der Waals surface area contributed by atoms with E-state index in [2.05, 4.69) is 22.1 Å². The second-order valence-corrected chi connectivity index (χ2v) is 6.96. The van der Waals surface area contributed by atoms with Crippen LogP contribution in [0.3, 0.4) is 0 Å². The Morgan fingerprint density at radius 3 is 2.83 bits per heavy atom. The average molecular weight is 331 g/mol. The summed E-state index contributed by atoms with van der Waals surface area (Å²) in [5.41, 5.74) is 0.594. The van der Waals surface area contributed by atoms with E-state index in [0.29, 0.717) is 24.4 Å². The van der Waals surface area contributed by atoms with Crippen molar-refractivity contribution < 1.29 is 14.7 Å². The number of carbonyl (C=O) groups excluding carboxylic acids is 1. The second-order valence-electron chi connectivity index (χ2n) is 6.96. The lowest BCUT2D eigenvalue weighted by Crippen LogP contribution is -2.38. The van der Waals surface area contributed by atoms with Gasteiger partial charge in [0.05, 0.1) is 5.92 Å². The first-order valence-electron chi connectivity index (χ1n) is 8.81. The number of hydrogen-bond acceptors (Lipinski definition) is 4. The predicted octanol–water partition coefficient (Wildman–Crippen LogP) is 2.44. The second kappa shape index (κ2) is 7.20. The number of nitrogens with zero attached hydrogens (tertiary/aromatic N) is 2. The first-order chi connectivity index (χ1) is 11.5. The number of aromatic nitrogens is 1. The quantitative estimate of drug-likeness (QED) is 0.885. The topological polar surface area (TPSA) is 82.5 Å². The van der Waals surface area contributed by atoms with Gasteiger partial charge in [0.15, 0.2) is 0 Å². The van der Waals surface area contributed by atoms with Crippen LogP contribution in [0.2, 0.25) is 0 Å². The number of carbonyl (C=O) groups is 2. The van der Waals surface area contributed by atoms with Crippen molar-refractivity contribution in [2.45, 2.75) is 57.5 Å². The first kappa shape index (κ1) is 16.7. The van der Waals surface area contributed by atoms with Gasteiger partial charge >= 0.3 is 5.97 Å². The van der Waals surface area contributed by atoms with E-state index in [4.69, 9.17) is 5.11 Å². The Balaban J connectivity index is 1.65. The summed E-state index contributed by atoms with van der Waals surface area (Å²) in [6.45, 7) is 3.17. The molecular formula is C18H25N3O3. The third kappa shape index (κ3) is 3.68. The number of aliphatic carboxylic acids is 1. The fraction of sp³-hybridized carbons (Fsp3) is 0.611. The zero-order valence-electron chi connectivity index (χ0n) is 14.1. The molecule has 3 rings (SSSR count). The van der Waals surface area contributed by atoms with Gasteiger partial charge in [-0.25, -0.2) is 4.98 Å². The third-order valence-corrected chi connectivity index (χ3v) is 5.22. The minimum absolute atomic E-state index is 0.0517. The van der Waals surface area contributed by atoms with Crippen LogP contribution in [0.4, 0.5) is 5.82 Å². The van der Waals surface area contributed by atoms with E-state index in [9.17, 15) is 9.59 Å². The summed E-state index contributed by atoms with van der Waals surface area (Å²) in [4.78, 5) is 30.2. The summed E-state index contributed by atoms with van der Waals surface area (Å²) in [6.07, 6.45) is 7.10. The number of carboxylic acid groups (broad SMARTS) is 1. The molecular weight excluding hydrogens is 306 g/mol. The fourth-order valence-corrected chi connectivity index (χ4v) is 3.76. The monoisotopic (exact) mass is 331 g/mol. The average Bonchev–Trinajstić information content (AvgIpc) is 3.04. The number of nitrogens with one attached hydrogen (secondary N) is 1. The van der Waals surface area contributed by atoms with Gasteiger partial charge in [0.25, 0.3) is 5.91 Å². The molecule has 1 aromatic rings. The Labute approximate surface area is 142 Å². The van der Waals surface area contributed by atoms with Crippen LogP contribution in [0, 0.1) is 5.92 Å². The lowest BCUT2D eigenvalue weighted by Gasteiger charge is -2.34. The maximum absolute atomic E-state index is 12.5. The van der Waals surface area contributed by atoms with Crippen molar-refractivity contribution in [3.63, 3.8) is 0 Å². The van der Waals surface area contributed by atoms with Crippen LogP contribution >= 0.6 is 0 Å². The van der Waals surface area contributed by atoms with Gasteiger partial charge in [-0.05, 0) is 57.6 Å². The van der Waals surface area contributed by atoms with E-state index >= 15 is 0 Å². The van der Waals surface area contributed by atoms with Crippen LogP contribution in [-0.4, -0.2) is 40.6 Å². The van der Waals surface area contributed by atoms with Crippen molar-refractivity contribution in [1.29, 1.82) is 0 Å². The molecule has 2 heterocycles. The molecule has 1 saturated heterocycles. The molecule has 24 heavy (non-hydrogen) atoms. The SMILES string of the molecule is CC1CCCCN1c1cc(C(=O)N[C@@H]2CC[C@H](C(=O)O)C2)ccn1. The zero-order valence-corrected chi connectivity index (χ0v) is 14.1. The Morgan fingerprint density at radius 1 is 1.29 bits per heavy atom. The van der Waals surface area contributed by atoms with Crippen molar-refractivity contribution in [1.82, 2.24) is 10.3 Å². The minimum Gasteiger partial charge on any atom is -0.481 e. The number of pyridine rings is 1. The third-order valence-electron chi connectivity index (χ3n) is 5.22. The summed E-state index contributed by atoms with van der Waals surface area (Å²) in [5, 5.41) is 12.0. The van der Waals surface area contributed by atoms with Gasteiger partial charge in [-0.3, -0.25) is 9.59 Å². The van der Waals surface area contributed by atoms with Crippen LogP contribution in [0.25, 0.3) is 0 Å². The molecule has 130 valence electrons. The highest BCUT2D eigenvalue weighted by atomic mass is 16.4. The Morgan fingerprint density at radius 2 is 2.12 bits per heavy atom. The van der Waals surface area contributed by atoms with Crippen molar-refractivity contribution in [2.75, 3.05) is 11.4 Å². The number of rotatable bonds is 4. The number of anilines is 1. The van der Waals surface area contributed by atoms with Crippen molar-refractivity contribution in [2.24, 2.45) is 5.92 Å². The lowest BCUT2D eigenvalue weighted by atomic mass is 10.0. The summed E-state index contributed by atoms with van der Waals surface area (Å²) < 4.78 is 0. The molecule has 0 radical (unpaired) electrons. The van der Waals surface area contributed by atoms with Gasteiger partial charge in [0.1, 0.15) is 5.82 Å². The van der Waals surface area contributed by atoms with Gasteiger partial charge in [-0.2, -0.15) is 0 Å². The molecule has 1 amide bonds. The van der Waals surface area contributed by atoms with Crippen LogP contribution in [0.15, 0.2) is 18.3 Å². The maximum Gasteiger partial charge on any atom is 0.306 e. The van der Waals surface area contributed by atoms with Gasteiger partial charge in [0, 0.05) is 30.4 Å². The Hall–Kier alpha value is -2.11. The van der Waals surface area contributed by atoms with Gasteiger partial charge in [-0.15, -0.1) is 0 Å². The van der Waals surface area contributed by atoms with E-state index in [1.807, 2.05) is 6.07 Å². The van der Waals surface area contributed by atoms with Crippen molar-refractivity contribution in [3.05, 3.63) is 23.9 Å². The first-order valence-corrected chi connectivity index (χ1v) is 8.81. The number of amides is 1. The molecule has 2 aliphatic rings. The Kier molecular flexibility index (Phi) is 5.02. The standard InChI is InChI=1S/C18H25N3O3/c1-12-4-2-3-9-21(12)16-11-13(7-8-19-16)17(22)20-15-6-5-14(10-15)18(23)24/h7-8,11-12,14-15H,2-6,9-10H2,1H3,(H,20,22)(H,23,24)/t12?,14-,15+/m0/s1. The minimum atomic E-state index is -0.767. The molecule has 0 bridgehead atoms. The molecule has 2 fully saturated rings. The molecule has 0 aromatic carbocycles. The molecule has 1 unspecified atom stereocenters. The van der Waals surface area contributed by atoms with Gasteiger partial charge in [0.2, 0.25) is 0 Å². The normalized spacial score (nSPS) is 27.0. The van der Waals surface area contributed by atoms with Crippen LogP contribution in [0.5, 0.6) is 0 Å². The highest BCUT2D eigenvalue weighted by Gasteiger charge is 2.30. The van der Waals surface area contributed by atoms with E-state index in [-0.39, 0.29) is 17.9 Å².